The quantitative estimate of drug-likeness (QED) is 0.797. The van der Waals surface area contributed by atoms with Gasteiger partial charge >= 0.3 is 5.97 Å². The molecule has 0 heterocycles. The van der Waals surface area contributed by atoms with Crippen LogP contribution >= 0.6 is 0 Å². The van der Waals surface area contributed by atoms with Crippen molar-refractivity contribution < 1.29 is 19.4 Å². The van der Waals surface area contributed by atoms with Crippen molar-refractivity contribution in [3.63, 3.8) is 0 Å². The van der Waals surface area contributed by atoms with Gasteiger partial charge in [0.25, 0.3) is 5.91 Å². The first-order valence-corrected chi connectivity index (χ1v) is 6.11. The van der Waals surface area contributed by atoms with Crippen LogP contribution in [0.2, 0.25) is 0 Å². The average molecular weight is 265 g/mol. The third kappa shape index (κ3) is 4.99. The van der Waals surface area contributed by atoms with Gasteiger partial charge in [-0.05, 0) is 38.5 Å². The number of rotatable bonds is 5. The van der Waals surface area contributed by atoms with Crippen LogP contribution in [0.25, 0.3) is 0 Å². The largest absolute Gasteiger partial charge is 0.508 e. The predicted octanol–water partition coefficient (Wildman–Crippen LogP) is 1.85. The Morgan fingerprint density at radius 1 is 1.37 bits per heavy atom. The molecule has 19 heavy (non-hydrogen) atoms. The SMILES string of the molecule is CCC(C)(C)NC(=O)COC(=O)c1cccc(O)c1. The van der Waals surface area contributed by atoms with Crippen molar-refractivity contribution in [1.29, 1.82) is 0 Å². The van der Waals surface area contributed by atoms with Crippen LogP contribution in [0.1, 0.15) is 37.6 Å². The summed E-state index contributed by atoms with van der Waals surface area (Å²) >= 11 is 0. The second-order valence-corrected chi connectivity index (χ2v) is 4.91. The fraction of sp³-hybridized carbons (Fsp3) is 0.429. The van der Waals surface area contributed by atoms with E-state index in [2.05, 4.69) is 5.32 Å². The summed E-state index contributed by atoms with van der Waals surface area (Å²) < 4.78 is 4.87. The fourth-order valence-corrected chi connectivity index (χ4v) is 1.35. The first-order valence-electron chi connectivity index (χ1n) is 6.11. The monoisotopic (exact) mass is 265 g/mol. The van der Waals surface area contributed by atoms with Crippen LogP contribution < -0.4 is 5.32 Å². The maximum Gasteiger partial charge on any atom is 0.338 e. The summed E-state index contributed by atoms with van der Waals surface area (Å²) in [6, 6.07) is 5.78. The summed E-state index contributed by atoms with van der Waals surface area (Å²) in [4.78, 5) is 23.2. The van der Waals surface area contributed by atoms with Crippen molar-refractivity contribution in [2.45, 2.75) is 32.7 Å². The normalized spacial score (nSPS) is 10.9. The molecule has 0 aromatic heterocycles. The molecule has 5 heteroatoms. The van der Waals surface area contributed by atoms with Gasteiger partial charge in [-0.15, -0.1) is 0 Å². The summed E-state index contributed by atoms with van der Waals surface area (Å²) in [5, 5.41) is 12.0. The third-order valence-electron chi connectivity index (χ3n) is 2.78. The van der Waals surface area contributed by atoms with E-state index in [1.807, 2.05) is 20.8 Å². The summed E-state index contributed by atoms with van der Waals surface area (Å²) in [6.45, 7) is 5.40. The lowest BCUT2D eigenvalue weighted by molar-refractivity contribution is -0.125. The molecule has 5 nitrogen and oxygen atoms in total. The molecule has 0 saturated heterocycles. The Bertz CT molecular complexity index is 468. The van der Waals surface area contributed by atoms with Crippen LogP contribution in [0.5, 0.6) is 5.75 Å². The summed E-state index contributed by atoms with van der Waals surface area (Å²) in [5.74, 6) is -1.01. The average Bonchev–Trinajstić information content (AvgIpc) is 2.35. The van der Waals surface area contributed by atoms with Gasteiger partial charge in [-0.25, -0.2) is 4.79 Å². The first-order chi connectivity index (χ1) is 8.84. The zero-order valence-corrected chi connectivity index (χ0v) is 11.4. The Balaban J connectivity index is 2.49. The van der Waals surface area contributed by atoms with Crippen molar-refractivity contribution in [2.24, 2.45) is 0 Å². The molecular weight excluding hydrogens is 246 g/mol. The molecule has 0 bridgehead atoms. The fourth-order valence-electron chi connectivity index (χ4n) is 1.35. The smallest absolute Gasteiger partial charge is 0.338 e. The molecule has 1 aromatic rings. The zero-order valence-electron chi connectivity index (χ0n) is 11.4. The number of carbonyl (C=O) groups excluding carboxylic acids is 2. The number of carbonyl (C=O) groups is 2. The van der Waals surface area contributed by atoms with E-state index in [9.17, 15) is 14.7 Å². The molecule has 1 aromatic carbocycles. The zero-order chi connectivity index (χ0) is 14.5. The van der Waals surface area contributed by atoms with Gasteiger partial charge in [-0.3, -0.25) is 4.79 Å². The van der Waals surface area contributed by atoms with E-state index < -0.39 is 5.97 Å². The highest BCUT2D eigenvalue weighted by Crippen LogP contribution is 2.12. The molecule has 0 saturated carbocycles. The van der Waals surface area contributed by atoms with Crippen molar-refractivity contribution in [3.05, 3.63) is 29.8 Å². The lowest BCUT2D eigenvalue weighted by atomic mass is 10.0. The van der Waals surface area contributed by atoms with Gasteiger partial charge in [-0.2, -0.15) is 0 Å². The maximum absolute atomic E-state index is 11.6. The Morgan fingerprint density at radius 2 is 2.05 bits per heavy atom. The van der Waals surface area contributed by atoms with Gasteiger partial charge in [0.05, 0.1) is 5.56 Å². The standard InChI is InChI=1S/C14H19NO4/c1-4-14(2,3)15-12(17)9-19-13(18)10-6-5-7-11(16)8-10/h5-8,16H,4,9H2,1-3H3,(H,15,17). The molecule has 0 atom stereocenters. The van der Waals surface area contributed by atoms with E-state index in [1.54, 1.807) is 0 Å². The van der Waals surface area contributed by atoms with E-state index >= 15 is 0 Å². The van der Waals surface area contributed by atoms with Crippen LogP contribution in [-0.2, 0) is 9.53 Å². The molecule has 0 radical (unpaired) electrons. The molecule has 2 N–H and O–H groups in total. The summed E-state index contributed by atoms with van der Waals surface area (Å²) in [6.07, 6.45) is 0.777. The Morgan fingerprint density at radius 3 is 2.63 bits per heavy atom. The molecule has 104 valence electrons. The molecule has 0 spiro atoms. The Labute approximate surface area is 112 Å². The van der Waals surface area contributed by atoms with Gasteiger partial charge in [0.15, 0.2) is 6.61 Å². The van der Waals surface area contributed by atoms with Gasteiger partial charge in [0.2, 0.25) is 0 Å². The van der Waals surface area contributed by atoms with Crippen LogP contribution in [0.4, 0.5) is 0 Å². The summed E-state index contributed by atoms with van der Waals surface area (Å²) in [5.41, 5.74) is -0.114. The third-order valence-corrected chi connectivity index (χ3v) is 2.78. The van der Waals surface area contributed by atoms with Crippen LogP contribution in [0.3, 0.4) is 0 Å². The number of phenolic OH excluding ortho intramolecular Hbond substituents is 1. The highest BCUT2D eigenvalue weighted by molar-refractivity contribution is 5.91. The molecule has 0 aliphatic heterocycles. The van der Waals surface area contributed by atoms with Gasteiger partial charge in [0, 0.05) is 5.54 Å². The molecule has 1 rings (SSSR count). The predicted molar refractivity (Wildman–Crippen MR) is 70.9 cm³/mol. The summed E-state index contributed by atoms with van der Waals surface area (Å²) in [7, 11) is 0. The lowest BCUT2D eigenvalue weighted by Crippen LogP contribution is -2.44. The van der Waals surface area contributed by atoms with Crippen molar-refractivity contribution in [1.82, 2.24) is 5.32 Å². The number of hydrogen-bond donors (Lipinski definition) is 2. The minimum Gasteiger partial charge on any atom is -0.508 e. The van der Waals surface area contributed by atoms with E-state index in [-0.39, 0.29) is 29.4 Å². The van der Waals surface area contributed by atoms with Crippen molar-refractivity contribution in [2.75, 3.05) is 6.61 Å². The van der Waals surface area contributed by atoms with Gasteiger partial charge in [-0.1, -0.05) is 13.0 Å². The second-order valence-electron chi connectivity index (χ2n) is 4.91. The van der Waals surface area contributed by atoms with Gasteiger partial charge < -0.3 is 15.2 Å². The van der Waals surface area contributed by atoms with Crippen molar-refractivity contribution >= 4 is 11.9 Å². The number of ether oxygens (including phenoxy) is 1. The van der Waals surface area contributed by atoms with E-state index in [4.69, 9.17) is 4.74 Å². The number of hydrogen-bond acceptors (Lipinski definition) is 4. The maximum atomic E-state index is 11.6. The van der Waals surface area contributed by atoms with Crippen molar-refractivity contribution in [3.8, 4) is 5.75 Å². The Hall–Kier alpha value is -2.04. The molecular formula is C14H19NO4. The molecule has 0 aliphatic rings. The lowest BCUT2D eigenvalue weighted by Gasteiger charge is -2.24. The number of phenols is 1. The topological polar surface area (TPSA) is 75.6 Å². The van der Waals surface area contributed by atoms with Crippen LogP contribution in [-0.4, -0.2) is 29.1 Å². The first kappa shape index (κ1) is 15.0. The second kappa shape index (κ2) is 6.22. The number of amides is 1. The number of nitrogens with one attached hydrogen (secondary N) is 1. The molecule has 0 unspecified atom stereocenters. The minimum absolute atomic E-state index is 0.0222. The number of esters is 1. The van der Waals surface area contributed by atoms with E-state index in [1.165, 1.54) is 24.3 Å². The van der Waals surface area contributed by atoms with E-state index in [0.29, 0.717) is 0 Å². The van der Waals surface area contributed by atoms with Gasteiger partial charge in [0.1, 0.15) is 5.75 Å². The number of benzene rings is 1. The van der Waals surface area contributed by atoms with E-state index in [0.717, 1.165) is 6.42 Å². The minimum atomic E-state index is -0.639. The molecule has 0 fully saturated rings. The highest BCUT2D eigenvalue weighted by atomic mass is 16.5. The highest BCUT2D eigenvalue weighted by Gasteiger charge is 2.19. The van der Waals surface area contributed by atoms with Crippen LogP contribution in [0, 0.1) is 0 Å². The molecule has 0 aliphatic carbocycles. The van der Waals surface area contributed by atoms with Crippen LogP contribution in [0.15, 0.2) is 24.3 Å². The Kier molecular flexibility index (Phi) is 4.92. The number of aromatic hydroxyl groups is 1. The molecule has 1 amide bonds.